The van der Waals surface area contributed by atoms with Gasteiger partial charge in [-0.25, -0.2) is 0 Å². The van der Waals surface area contributed by atoms with Gasteiger partial charge in [0.1, 0.15) is 0 Å². The SMILES string of the molecule is N#CCCCNCCCN1CCCC1. The zero-order valence-electron chi connectivity index (χ0n) is 8.97. The van der Waals surface area contributed by atoms with Crippen LogP contribution in [-0.2, 0) is 0 Å². The minimum atomic E-state index is 0.680. The van der Waals surface area contributed by atoms with Crippen LogP contribution >= 0.6 is 0 Å². The number of nitrogens with zero attached hydrogens (tertiary/aromatic N) is 2. The summed E-state index contributed by atoms with van der Waals surface area (Å²) >= 11 is 0. The van der Waals surface area contributed by atoms with E-state index < -0.39 is 0 Å². The summed E-state index contributed by atoms with van der Waals surface area (Å²) in [5.41, 5.74) is 0. The highest BCUT2D eigenvalue weighted by Crippen LogP contribution is 2.06. The summed E-state index contributed by atoms with van der Waals surface area (Å²) in [5.74, 6) is 0. The smallest absolute Gasteiger partial charge is 0.0622 e. The molecule has 0 amide bonds. The summed E-state index contributed by atoms with van der Waals surface area (Å²) in [4.78, 5) is 2.54. The van der Waals surface area contributed by atoms with Gasteiger partial charge in [0.05, 0.1) is 6.07 Å². The summed E-state index contributed by atoms with van der Waals surface area (Å²) in [5, 5.41) is 11.7. The van der Waals surface area contributed by atoms with Gasteiger partial charge >= 0.3 is 0 Å². The minimum absolute atomic E-state index is 0.680. The van der Waals surface area contributed by atoms with Crippen LogP contribution in [0, 0.1) is 11.3 Å². The van der Waals surface area contributed by atoms with Crippen LogP contribution in [0.5, 0.6) is 0 Å². The Hall–Kier alpha value is -0.590. The number of rotatable bonds is 7. The summed E-state index contributed by atoms with van der Waals surface area (Å²) in [6.45, 7) is 5.93. The first-order valence-electron chi connectivity index (χ1n) is 5.73. The lowest BCUT2D eigenvalue weighted by atomic mass is 10.3. The summed E-state index contributed by atoms with van der Waals surface area (Å²) in [6, 6.07) is 2.16. The van der Waals surface area contributed by atoms with Crippen molar-refractivity contribution in [1.82, 2.24) is 10.2 Å². The highest BCUT2D eigenvalue weighted by atomic mass is 15.1. The molecule has 1 fully saturated rings. The molecule has 3 heteroatoms. The summed E-state index contributed by atoms with van der Waals surface area (Å²) < 4.78 is 0. The van der Waals surface area contributed by atoms with Crippen molar-refractivity contribution in [3.63, 3.8) is 0 Å². The normalized spacial score (nSPS) is 17.1. The fourth-order valence-electron chi connectivity index (χ4n) is 1.85. The Bertz CT molecular complexity index is 168. The molecular formula is C11H21N3. The molecule has 0 aromatic carbocycles. The molecule has 1 aliphatic heterocycles. The topological polar surface area (TPSA) is 39.1 Å². The molecule has 14 heavy (non-hydrogen) atoms. The van der Waals surface area contributed by atoms with E-state index in [2.05, 4.69) is 16.3 Å². The largest absolute Gasteiger partial charge is 0.317 e. The van der Waals surface area contributed by atoms with Crippen LogP contribution in [0.2, 0.25) is 0 Å². The first kappa shape index (κ1) is 11.5. The van der Waals surface area contributed by atoms with Crippen LogP contribution in [0.1, 0.15) is 32.1 Å². The lowest BCUT2D eigenvalue weighted by Gasteiger charge is -2.13. The fraction of sp³-hybridized carbons (Fsp3) is 0.909. The third-order valence-electron chi connectivity index (χ3n) is 2.67. The molecule has 80 valence electrons. The second kappa shape index (κ2) is 7.78. The average Bonchev–Trinajstić information content (AvgIpc) is 2.69. The van der Waals surface area contributed by atoms with Crippen LogP contribution in [0.3, 0.4) is 0 Å². The van der Waals surface area contributed by atoms with E-state index in [1.807, 2.05) is 0 Å². The Balaban J connectivity index is 1.78. The van der Waals surface area contributed by atoms with Crippen LogP contribution < -0.4 is 5.32 Å². The quantitative estimate of drug-likeness (QED) is 0.624. The van der Waals surface area contributed by atoms with Gasteiger partial charge in [0.15, 0.2) is 0 Å². The van der Waals surface area contributed by atoms with E-state index in [0.29, 0.717) is 6.42 Å². The molecule has 0 spiro atoms. The van der Waals surface area contributed by atoms with Gasteiger partial charge in [-0.2, -0.15) is 5.26 Å². The molecule has 0 radical (unpaired) electrons. The lowest BCUT2D eigenvalue weighted by Crippen LogP contribution is -2.25. The first-order valence-corrected chi connectivity index (χ1v) is 5.73. The Kier molecular flexibility index (Phi) is 6.38. The second-order valence-corrected chi connectivity index (χ2v) is 3.91. The summed E-state index contributed by atoms with van der Waals surface area (Å²) in [6.07, 6.45) is 5.68. The van der Waals surface area contributed by atoms with Gasteiger partial charge in [0, 0.05) is 6.42 Å². The Morgan fingerprint density at radius 1 is 1.14 bits per heavy atom. The van der Waals surface area contributed by atoms with E-state index in [-0.39, 0.29) is 0 Å². The van der Waals surface area contributed by atoms with E-state index in [1.165, 1.54) is 38.9 Å². The van der Waals surface area contributed by atoms with Crippen molar-refractivity contribution in [1.29, 1.82) is 5.26 Å². The number of hydrogen-bond acceptors (Lipinski definition) is 3. The molecule has 0 aromatic rings. The third kappa shape index (κ3) is 5.21. The van der Waals surface area contributed by atoms with Crippen molar-refractivity contribution in [2.24, 2.45) is 0 Å². The molecule has 3 nitrogen and oxygen atoms in total. The van der Waals surface area contributed by atoms with E-state index in [9.17, 15) is 0 Å². The van der Waals surface area contributed by atoms with E-state index >= 15 is 0 Å². The monoisotopic (exact) mass is 195 g/mol. The standard InChI is InChI=1S/C11H21N3/c12-6-1-2-7-13-8-5-11-14-9-3-4-10-14/h13H,1-5,7-11H2. The zero-order chi connectivity index (χ0) is 10.1. The van der Waals surface area contributed by atoms with Crippen molar-refractivity contribution in [2.75, 3.05) is 32.7 Å². The van der Waals surface area contributed by atoms with Crippen LogP contribution in [0.25, 0.3) is 0 Å². The van der Waals surface area contributed by atoms with Crippen LogP contribution in [0.15, 0.2) is 0 Å². The maximum absolute atomic E-state index is 8.33. The molecule has 1 saturated heterocycles. The van der Waals surface area contributed by atoms with E-state index in [0.717, 1.165) is 19.5 Å². The van der Waals surface area contributed by atoms with Crippen LogP contribution in [-0.4, -0.2) is 37.6 Å². The number of unbranched alkanes of at least 4 members (excludes halogenated alkanes) is 1. The maximum Gasteiger partial charge on any atom is 0.0622 e. The Morgan fingerprint density at radius 2 is 1.86 bits per heavy atom. The molecule has 1 N–H and O–H groups in total. The molecule has 1 rings (SSSR count). The van der Waals surface area contributed by atoms with Gasteiger partial charge in [0.25, 0.3) is 0 Å². The number of nitriles is 1. The second-order valence-electron chi connectivity index (χ2n) is 3.91. The van der Waals surface area contributed by atoms with Gasteiger partial charge in [-0.3, -0.25) is 0 Å². The molecule has 0 bridgehead atoms. The van der Waals surface area contributed by atoms with Crippen LogP contribution in [0.4, 0.5) is 0 Å². The van der Waals surface area contributed by atoms with Crippen molar-refractivity contribution in [2.45, 2.75) is 32.1 Å². The number of hydrogen-bond donors (Lipinski definition) is 1. The minimum Gasteiger partial charge on any atom is -0.317 e. The van der Waals surface area contributed by atoms with Crippen molar-refractivity contribution >= 4 is 0 Å². The molecule has 1 aliphatic rings. The Morgan fingerprint density at radius 3 is 2.57 bits per heavy atom. The number of likely N-dealkylation sites (tertiary alicyclic amines) is 1. The average molecular weight is 195 g/mol. The van der Waals surface area contributed by atoms with Crippen molar-refractivity contribution < 1.29 is 0 Å². The maximum atomic E-state index is 8.33. The fourth-order valence-corrected chi connectivity index (χ4v) is 1.85. The zero-order valence-corrected chi connectivity index (χ0v) is 8.97. The van der Waals surface area contributed by atoms with E-state index in [1.54, 1.807) is 0 Å². The molecule has 0 saturated carbocycles. The van der Waals surface area contributed by atoms with Gasteiger partial charge < -0.3 is 10.2 Å². The predicted molar refractivity (Wildman–Crippen MR) is 58.0 cm³/mol. The lowest BCUT2D eigenvalue weighted by molar-refractivity contribution is 0.331. The molecule has 1 heterocycles. The van der Waals surface area contributed by atoms with Gasteiger partial charge in [0.2, 0.25) is 0 Å². The molecular weight excluding hydrogens is 174 g/mol. The molecule has 0 aliphatic carbocycles. The summed E-state index contributed by atoms with van der Waals surface area (Å²) in [7, 11) is 0. The van der Waals surface area contributed by atoms with Crippen molar-refractivity contribution in [3.05, 3.63) is 0 Å². The Labute approximate surface area is 87.1 Å². The van der Waals surface area contributed by atoms with Crippen molar-refractivity contribution in [3.8, 4) is 6.07 Å². The molecule has 0 unspecified atom stereocenters. The first-order chi connectivity index (χ1) is 6.93. The molecule has 0 aromatic heterocycles. The predicted octanol–water partition coefficient (Wildman–Crippen LogP) is 1.37. The highest BCUT2D eigenvalue weighted by molar-refractivity contribution is 4.69. The third-order valence-corrected chi connectivity index (χ3v) is 2.67. The molecule has 0 atom stereocenters. The van der Waals surface area contributed by atoms with Gasteiger partial charge in [-0.15, -0.1) is 0 Å². The van der Waals surface area contributed by atoms with E-state index in [4.69, 9.17) is 5.26 Å². The van der Waals surface area contributed by atoms with Gasteiger partial charge in [-0.05, 0) is 58.4 Å². The van der Waals surface area contributed by atoms with Gasteiger partial charge in [-0.1, -0.05) is 0 Å². The number of nitrogens with one attached hydrogen (secondary N) is 1. The highest BCUT2D eigenvalue weighted by Gasteiger charge is 2.09.